The van der Waals surface area contributed by atoms with E-state index in [-0.39, 0.29) is 5.54 Å². The monoisotopic (exact) mass is 206 g/mol. The quantitative estimate of drug-likeness (QED) is 0.690. The Balaban J connectivity index is 2.52. The van der Waals surface area contributed by atoms with Gasteiger partial charge in [0.05, 0.1) is 11.4 Å². The van der Waals surface area contributed by atoms with Gasteiger partial charge in [-0.25, -0.2) is 0 Å². The van der Waals surface area contributed by atoms with Gasteiger partial charge in [0.15, 0.2) is 0 Å². The minimum absolute atomic E-state index is 0.156. The first-order chi connectivity index (χ1) is 7.08. The van der Waals surface area contributed by atoms with Crippen LogP contribution in [0.3, 0.4) is 0 Å². The summed E-state index contributed by atoms with van der Waals surface area (Å²) >= 11 is 0. The van der Waals surface area contributed by atoms with Crippen LogP contribution < -0.4 is 10.6 Å². The smallest absolute Gasteiger partial charge is 0.0995 e. The maximum atomic E-state index is 5.64. The highest BCUT2D eigenvalue weighted by Crippen LogP contribution is 2.27. The fraction of sp³-hybridized carbons (Fsp3) is 0.692. The average Bonchev–Trinajstić information content (AvgIpc) is 2.17. The molecule has 0 radical (unpaired) electrons. The van der Waals surface area contributed by atoms with Crippen molar-refractivity contribution in [3.05, 3.63) is 12.4 Å². The van der Waals surface area contributed by atoms with Gasteiger partial charge in [0.25, 0.3) is 0 Å². The standard InChI is InChI=1S/C13H22N2/c1-5-13(9-7-6-8-10-13)15-12(4)14-11(2)3/h1,11,14-15H,4,6-10H2,2-3H3. The predicted octanol–water partition coefficient (Wildman–Crippen LogP) is 2.38. The van der Waals surface area contributed by atoms with Crippen LogP contribution in [-0.2, 0) is 0 Å². The predicted molar refractivity (Wildman–Crippen MR) is 65.2 cm³/mol. The number of hydrogen-bond acceptors (Lipinski definition) is 2. The lowest BCUT2D eigenvalue weighted by molar-refractivity contribution is 0.314. The molecule has 0 aromatic rings. The third-order valence-corrected chi connectivity index (χ3v) is 2.84. The fourth-order valence-corrected chi connectivity index (χ4v) is 2.13. The van der Waals surface area contributed by atoms with Gasteiger partial charge in [-0.2, -0.15) is 0 Å². The number of hydrogen-bond donors (Lipinski definition) is 2. The van der Waals surface area contributed by atoms with Gasteiger partial charge >= 0.3 is 0 Å². The molecule has 0 unspecified atom stereocenters. The summed E-state index contributed by atoms with van der Waals surface area (Å²) in [6.07, 6.45) is 11.5. The zero-order valence-electron chi connectivity index (χ0n) is 9.90. The van der Waals surface area contributed by atoms with Crippen LogP contribution in [0.1, 0.15) is 46.0 Å². The van der Waals surface area contributed by atoms with E-state index >= 15 is 0 Å². The molecule has 0 amide bonds. The molecule has 1 aliphatic rings. The van der Waals surface area contributed by atoms with E-state index in [1.165, 1.54) is 19.3 Å². The summed E-state index contributed by atoms with van der Waals surface area (Å²) in [5.41, 5.74) is -0.156. The molecule has 0 bridgehead atoms. The highest BCUT2D eigenvalue weighted by atomic mass is 15.1. The molecule has 0 atom stereocenters. The number of nitrogens with one attached hydrogen (secondary N) is 2. The number of terminal acetylenes is 1. The Morgan fingerprint density at radius 3 is 2.40 bits per heavy atom. The first-order valence-electron chi connectivity index (χ1n) is 5.79. The molecule has 2 N–H and O–H groups in total. The highest BCUT2D eigenvalue weighted by Gasteiger charge is 2.29. The van der Waals surface area contributed by atoms with Crippen molar-refractivity contribution in [2.75, 3.05) is 0 Å². The zero-order chi connectivity index (χ0) is 11.3. The third-order valence-electron chi connectivity index (χ3n) is 2.84. The van der Waals surface area contributed by atoms with Crippen LogP contribution in [0.5, 0.6) is 0 Å². The summed E-state index contributed by atoms with van der Waals surface area (Å²) in [6.45, 7) is 8.15. The Kier molecular flexibility index (Phi) is 4.08. The second kappa shape index (κ2) is 5.11. The van der Waals surface area contributed by atoms with E-state index in [0.717, 1.165) is 18.7 Å². The van der Waals surface area contributed by atoms with Crippen LogP contribution in [0.2, 0.25) is 0 Å². The Morgan fingerprint density at radius 2 is 1.93 bits per heavy atom. The summed E-state index contributed by atoms with van der Waals surface area (Å²) in [5, 5.41) is 6.62. The molecule has 1 saturated carbocycles. The average molecular weight is 206 g/mol. The molecule has 84 valence electrons. The summed E-state index contributed by atoms with van der Waals surface area (Å²) < 4.78 is 0. The maximum absolute atomic E-state index is 5.64. The topological polar surface area (TPSA) is 24.1 Å². The second-order valence-electron chi connectivity index (χ2n) is 4.69. The van der Waals surface area contributed by atoms with Crippen LogP contribution in [0.15, 0.2) is 12.4 Å². The molecular formula is C13H22N2. The van der Waals surface area contributed by atoms with Crippen LogP contribution in [0.25, 0.3) is 0 Å². The fourth-order valence-electron chi connectivity index (χ4n) is 2.13. The molecule has 1 aliphatic carbocycles. The van der Waals surface area contributed by atoms with Crippen LogP contribution in [0.4, 0.5) is 0 Å². The van der Waals surface area contributed by atoms with Gasteiger partial charge < -0.3 is 10.6 Å². The summed E-state index contributed by atoms with van der Waals surface area (Å²) in [5.74, 6) is 3.76. The molecule has 0 aliphatic heterocycles. The van der Waals surface area contributed by atoms with Gasteiger partial charge in [-0.3, -0.25) is 0 Å². The van der Waals surface area contributed by atoms with Gasteiger partial charge in [0, 0.05) is 6.04 Å². The van der Waals surface area contributed by atoms with Crippen molar-refractivity contribution in [1.29, 1.82) is 0 Å². The lowest BCUT2D eigenvalue weighted by Crippen LogP contribution is -2.48. The first-order valence-corrected chi connectivity index (χ1v) is 5.79. The van der Waals surface area contributed by atoms with Crippen molar-refractivity contribution < 1.29 is 0 Å². The van der Waals surface area contributed by atoms with Crippen molar-refractivity contribution in [3.63, 3.8) is 0 Å². The minimum Gasteiger partial charge on any atom is -0.370 e. The third kappa shape index (κ3) is 3.51. The van der Waals surface area contributed by atoms with Gasteiger partial charge in [0.1, 0.15) is 0 Å². The SMILES string of the molecule is C#CC1(NC(=C)NC(C)C)CCCCC1. The van der Waals surface area contributed by atoms with Gasteiger partial charge in [0.2, 0.25) is 0 Å². The molecule has 1 rings (SSSR count). The molecule has 0 saturated heterocycles. The number of rotatable bonds is 4. The normalized spacial score (nSPS) is 19.3. The van der Waals surface area contributed by atoms with E-state index < -0.39 is 0 Å². The van der Waals surface area contributed by atoms with E-state index in [4.69, 9.17) is 6.42 Å². The van der Waals surface area contributed by atoms with Crippen LogP contribution in [-0.4, -0.2) is 11.6 Å². The molecule has 0 aromatic heterocycles. The molecule has 2 nitrogen and oxygen atoms in total. The van der Waals surface area contributed by atoms with Crippen molar-refractivity contribution in [1.82, 2.24) is 10.6 Å². The Labute approximate surface area is 93.5 Å². The molecule has 0 spiro atoms. The summed E-state index contributed by atoms with van der Waals surface area (Å²) in [4.78, 5) is 0. The zero-order valence-corrected chi connectivity index (χ0v) is 9.90. The minimum atomic E-state index is -0.156. The summed E-state index contributed by atoms with van der Waals surface area (Å²) in [7, 11) is 0. The molecule has 15 heavy (non-hydrogen) atoms. The van der Waals surface area contributed by atoms with E-state index in [2.05, 4.69) is 37.0 Å². The molecule has 0 aromatic carbocycles. The molecule has 2 heteroatoms. The van der Waals surface area contributed by atoms with Crippen molar-refractivity contribution in [3.8, 4) is 12.3 Å². The van der Waals surface area contributed by atoms with Gasteiger partial charge in [-0.1, -0.05) is 31.8 Å². The second-order valence-corrected chi connectivity index (χ2v) is 4.69. The summed E-state index contributed by atoms with van der Waals surface area (Å²) in [6, 6.07) is 0.392. The van der Waals surface area contributed by atoms with Gasteiger partial charge in [-0.05, 0) is 26.7 Å². The van der Waals surface area contributed by atoms with E-state index in [1.807, 2.05) is 0 Å². The van der Waals surface area contributed by atoms with Crippen molar-refractivity contribution in [2.24, 2.45) is 0 Å². The van der Waals surface area contributed by atoms with Crippen LogP contribution in [0, 0.1) is 12.3 Å². The van der Waals surface area contributed by atoms with E-state index in [9.17, 15) is 0 Å². The molecule has 0 heterocycles. The first kappa shape index (κ1) is 12.0. The Hall–Kier alpha value is -1.10. The van der Waals surface area contributed by atoms with E-state index in [0.29, 0.717) is 6.04 Å². The van der Waals surface area contributed by atoms with Gasteiger partial charge in [-0.15, -0.1) is 6.42 Å². The van der Waals surface area contributed by atoms with E-state index in [1.54, 1.807) is 0 Å². The lowest BCUT2D eigenvalue weighted by Gasteiger charge is -2.35. The molecule has 1 fully saturated rings. The lowest BCUT2D eigenvalue weighted by atomic mass is 9.82. The molecular weight excluding hydrogens is 184 g/mol. The highest BCUT2D eigenvalue weighted by molar-refractivity contribution is 5.17. The Morgan fingerprint density at radius 1 is 1.33 bits per heavy atom. The van der Waals surface area contributed by atoms with Crippen molar-refractivity contribution >= 4 is 0 Å². The largest absolute Gasteiger partial charge is 0.370 e. The van der Waals surface area contributed by atoms with Crippen molar-refractivity contribution in [2.45, 2.75) is 57.5 Å². The Bertz CT molecular complexity index is 254. The maximum Gasteiger partial charge on any atom is 0.0995 e. The van der Waals surface area contributed by atoms with Crippen LogP contribution >= 0.6 is 0 Å².